The van der Waals surface area contributed by atoms with Gasteiger partial charge in [-0.3, -0.25) is 4.99 Å². The third-order valence-corrected chi connectivity index (χ3v) is 4.85. The molecule has 1 aromatic rings. The van der Waals surface area contributed by atoms with Crippen molar-refractivity contribution >= 4 is 39.8 Å². The lowest BCUT2D eigenvalue weighted by molar-refractivity contribution is 0.528. The second-order valence-electron chi connectivity index (χ2n) is 5.84. The molecule has 0 spiro atoms. The van der Waals surface area contributed by atoms with Gasteiger partial charge < -0.3 is 15.2 Å². The molecule has 0 amide bonds. The number of hydrogen-bond donors (Lipinski definition) is 2. The number of halogens is 1. The highest BCUT2D eigenvalue weighted by Gasteiger charge is 2.45. The van der Waals surface area contributed by atoms with Gasteiger partial charge in [-0.15, -0.1) is 24.0 Å². The zero-order valence-corrected chi connectivity index (χ0v) is 16.2. The SMILES string of the molecule is CN=C(NCCn1cccc1)NCC1(CS(C)(=O)=O)CC1.I. The highest BCUT2D eigenvalue weighted by molar-refractivity contribution is 14.0. The molecule has 1 aliphatic rings. The van der Waals surface area contributed by atoms with Crippen LogP contribution in [-0.4, -0.2) is 51.1 Å². The molecule has 22 heavy (non-hydrogen) atoms. The van der Waals surface area contributed by atoms with E-state index in [2.05, 4.69) is 20.2 Å². The van der Waals surface area contributed by atoms with Crippen LogP contribution in [0.3, 0.4) is 0 Å². The molecule has 1 fully saturated rings. The minimum Gasteiger partial charge on any atom is -0.356 e. The van der Waals surface area contributed by atoms with Gasteiger partial charge in [0.1, 0.15) is 9.84 Å². The van der Waals surface area contributed by atoms with E-state index in [1.165, 1.54) is 6.26 Å². The molecule has 0 aromatic carbocycles. The number of aliphatic imine (C=N–C) groups is 1. The van der Waals surface area contributed by atoms with Crippen LogP contribution in [0.5, 0.6) is 0 Å². The van der Waals surface area contributed by atoms with Crippen LogP contribution in [0, 0.1) is 5.41 Å². The van der Waals surface area contributed by atoms with E-state index in [0.29, 0.717) is 6.54 Å². The summed E-state index contributed by atoms with van der Waals surface area (Å²) in [5.41, 5.74) is -0.0916. The number of sulfone groups is 1. The van der Waals surface area contributed by atoms with Crippen molar-refractivity contribution in [3.8, 4) is 0 Å². The van der Waals surface area contributed by atoms with E-state index in [4.69, 9.17) is 0 Å². The molecule has 0 radical (unpaired) electrons. The molecule has 0 bridgehead atoms. The Morgan fingerprint density at radius 2 is 1.91 bits per heavy atom. The first-order chi connectivity index (χ1) is 9.92. The molecule has 1 saturated carbocycles. The molecule has 0 aliphatic heterocycles. The first kappa shape index (κ1) is 19.3. The summed E-state index contributed by atoms with van der Waals surface area (Å²) in [6, 6.07) is 3.99. The Balaban J connectivity index is 0.00000242. The Hall–Kier alpha value is -0.770. The van der Waals surface area contributed by atoms with E-state index < -0.39 is 9.84 Å². The van der Waals surface area contributed by atoms with E-state index in [9.17, 15) is 8.42 Å². The van der Waals surface area contributed by atoms with Gasteiger partial charge in [0.25, 0.3) is 0 Å². The first-order valence-electron chi connectivity index (χ1n) is 7.16. The van der Waals surface area contributed by atoms with Crippen LogP contribution < -0.4 is 10.6 Å². The van der Waals surface area contributed by atoms with Gasteiger partial charge in [0.15, 0.2) is 5.96 Å². The van der Waals surface area contributed by atoms with Crippen molar-refractivity contribution in [1.29, 1.82) is 0 Å². The molecule has 1 aliphatic carbocycles. The van der Waals surface area contributed by atoms with E-state index in [1.54, 1.807) is 7.05 Å². The minimum absolute atomic E-state index is 0. The van der Waals surface area contributed by atoms with Gasteiger partial charge in [0, 0.05) is 50.7 Å². The summed E-state index contributed by atoms with van der Waals surface area (Å²) in [5, 5.41) is 6.48. The van der Waals surface area contributed by atoms with Crippen LogP contribution in [0.4, 0.5) is 0 Å². The maximum Gasteiger partial charge on any atom is 0.191 e. The number of aromatic nitrogens is 1. The Labute approximate surface area is 149 Å². The summed E-state index contributed by atoms with van der Waals surface area (Å²) in [4.78, 5) is 4.17. The summed E-state index contributed by atoms with van der Waals surface area (Å²) in [6.45, 7) is 2.29. The van der Waals surface area contributed by atoms with Crippen molar-refractivity contribution < 1.29 is 8.42 Å². The molecule has 126 valence electrons. The molecule has 2 N–H and O–H groups in total. The average Bonchev–Trinajstić information content (AvgIpc) is 2.95. The van der Waals surface area contributed by atoms with E-state index in [0.717, 1.165) is 31.9 Å². The lowest BCUT2D eigenvalue weighted by Crippen LogP contribution is -2.42. The molecule has 0 saturated heterocycles. The van der Waals surface area contributed by atoms with E-state index >= 15 is 0 Å². The van der Waals surface area contributed by atoms with Gasteiger partial charge in [-0.25, -0.2) is 8.42 Å². The van der Waals surface area contributed by atoms with Gasteiger partial charge in [0.05, 0.1) is 5.75 Å². The highest BCUT2D eigenvalue weighted by atomic mass is 127. The van der Waals surface area contributed by atoms with Crippen molar-refractivity contribution in [2.24, 2.45) is 10.4 Å². The summed E-state index contributed by atoms with van der Waals surface area (Å²) in [7, 11) is -1.20. The predicted molar refractivity (Wildman–Crippen MR) is 101 cm³/mol. The fraction of sp³-hybridized carbons (Fsp3) is 0.643. The molecule has 0 atom stereocenters. The van der Waals surface area contributed by atoms with Crippen LogP contribution in [0.2, 0.25) is 0 Å². The highest BCUT2D eigenvalue weighted by Crippen LogP contribution is 2.45. The molecule has 1 aromatic heterocycles. The van der Waals surface area contributed by atoms with Gasteiger partial charge in [0.2, 0.25) is 0 Å². The summed E-state index contributed by atoms with van der Waals surface area (Å²) in [6.07, 6.45) is 7.27. The average molecular weight is 440 g/mol. The van der Waals surface area contributed by atoms with Crippen LogP contribution in [0.15, 0.2) is 29.5 Å². The number of guanidine groups is 1. The normalized spacial score (nSPS) is 16.7. The topological polar surface area (TPSA) is 75.5 Å². The first-order valence-corrected chi connectivity index (χ1v) is 9.22. The molecule has 8 heteroatoms. The maximum absolute atomic E-state index is 11.4. The summed E-state index contributed by atoms with van der Waals surface area (Å²) >= 11 is 0. The maximum atomic E-state index is 11.4. The monoisotopic (exact) mass is 440 g/mol. The minimum atomic E-state index is -2.92. The summed E-state index contributed by atoms with van der Waals surface area (Å²) in [5.74, 6) is 0.981. The Morgan fingerprint density at radius 1 is 1.27 bits per heavy atom. The lowest BCUT2D eigenvalue weighted by atomic mass is 10.1. The van der Waals surface area contributed by atoms with Crippen molar-refractivity contribution in [2.45, 2.75) is 19.4 Å². The zero-order valence-electron chi connectivity index (χ0n) is 13.1. The fourth-order valence-electron chi connectivity index (χ4n) is 2.42. The second kappa shape index (κ2) is 8.19. The molecular formula is C14H25IN4O2S. The van der Waals surface area contributed by atoms with Crippen LogP contribution in [0.1, 0.15) is 12.8 Å². The predicted octanol–water partition coefficient (Wildman–Crippen LogP) is 1.10. The third-order valence-electron chi connectivity index (χ3n) is 3.71. The Morgan fingerprint density at radius 3 is 2.41 bits per heavy atom. The van der Waals surface area contributed by atoms with Gasteiger partial charge in [-0.2, -0.15) is 0 Å². The standard InChI is InChI=1S/C14H24N4O2S.HI/c1-15-13(16-7-10-18-8-3-4-9-18)17-11-14(5-6-14)12-21(2,19)20;/h3-4,8-9H,5-7,10-12H2,1-2H3,(H2,15,16,17);1H. The number of rotatable bonds is 7. The smallest absolute Gasteiger partial charge is 0.191 e. The van der Waals surface area contributed by atoms with E-state index in [1.807, 2.05) is 24.5 Å². The van der Waals surface area contributed by atoms with Crippen LogP contribution in [0.25, 0.3) is 0 Å². The van der Waals surface area contributed by atoms with E-state index in [-0.39, 0.29) is 35.1 Å². The van der Waals surface area contributed by atoms with Gasteiger partial charge in [-0.1, -0.05) is 0 Å². The molecular weight excluding hydrogens is 415 g/mol. The largest absolute Gasteiger partial charge is 0.356 e. The molecule has 6 nitrogen and oxygen atoms in total. The number of hydrogen-bond acceptors (Lipinski definition) is 3. The number of nitrogens with zero attached hydrogens (tertiary/aromatic N) is 2. The fourth-order valence-corrected chi connectivity index (χ4v) is 3.92. The number of nitrogens with one attached hydrogen (secondary N) is 2. The quantitative estimate of drug-likeness (QED) is 0.378. The molecule has 0 unspecified atom stereocenters. The Kier molecular flexibility index (Phi) is 7.17. The molecule has 2 rings (SSSR count). The van der Waals surface area contributed by atoms with Crippen LogP contribution >= 0.6 is 24.0 Å². The third kappa shape index (κ3) is 6.55. The second-order valence-corrected chi connectivity index (χ2v) is 7.98. The van der Waals surface area contributed by atoms with Crippen molar-refractivity contribution in [3.05, 3.63) is 24.5 Å². The van der Waals surface area contributed by atoms with Crippen molar-refractivity contribution in [1.82, 2.24) is 15.2 Å². The molecule has 1 heterocycles. The summed E-state index contributed by atoms with van der Waals surface area (Å²) < 4.78 is 24.9. The lowest BCUT2D eigenvalue weighted by Gasteiger charge is -2.18. The van der Waals surface area contributed by atoms with Gasteiger partial charge >= 0.3 is 0 Å². The van der Waals surface area contributed by atoms with Crippen molar-refractivity contribution in [3.63, 3.8) is 0 Å². The van der Waals surface area contributed by atoms with Crippen LogP contribution in [-0.2, 0) is 16.4 Å². The Bertz CT molecular complexity index is 580. The van der Waals surface area contributed by atoms with Gasteiger partial charge in [-0.05, 0) is 25.0 Å². The zero-order chi connectivity index (χ0) is 15.3. The van der Waals surface area contributed by atoms with Crippen molar-refractivity contribution in [2.75, 3.05) is 32.1 Å².